The monoisotopic (exact) mass is 351 g/mol. The summed E-state index contributed by atoms with van der Waals surface area (Å²) in [5, 5.41) is 2.84. The van der Waals surface area contributed by atoms with Crippen LogP contribution in [-0.4, -0.2) is 74.5 Å². The second kappa shape index (κ2) is 6.59. The highest BCUT2D eigenvalue weighted by Gasteiger charge is 2.64. The molecule has 0 aromatic carbocycles. The van der Waals surface area contributed by atoms with Gasteiger partial charge in [0.1, 0.15) is 6.61 Å². The number of ether oxygens (including phenoxy) is 1. The molecule has 2 heterocycles. The highest BCUT2D eigenvalue weighted by molar-refractivity contribution is 5.86. The van der Waals surface area contributed by atoms with Gasteiger partial charge in [-0.05, 0) is 37.0 Å². The normalized spacial score (nSPS) is 30.4. The van der Waals surface area contributed by atoms with Gasteiger partial charge in [-0.2, -0.15) is 0 Å². The molecule has 1 spiro atoms. The number of piperidine rings is 1. The SMILES string of the molecule is CNC(=O)[C@@]12CCC3(CCN(C(=O)COC)CC3)[C@@H]1CN(C(C)=O)C2. The van der Waals surface area contributed by atoms with Crippen molar-refractivity contribution in [2.45, 2.75) is 32.6 Å². The predicted octanol–water partition coefficient (Wildman–Crippen LogP) is 0.246. The molecule has 2 saturated heterocycles. The van der Waals surface area contributed by atoms with Gasteiger partial charge in [0, 0.05) is 47.3 Å². The maximum absolute atomic E-state index is 12.7. The fourth-order valence-corrected chi connectivity index (χ4v) is 5.44. The summed E-state index contributed by atoms with van der Waals surface area (Å²) in [7, 11) is 3.22. The lowest BCUT2D eigenvalue weighted by Crippen LogP contribution is -2.49. The van der Waals surface area contributed by atoms with Crippen LogP contribution in [-0.2, 0) is 19.1 Å². The lowest BCUT2D eigenvalue weighted by Gasteiger charge is -2.44. The van der Waals surface area contributed by atoms with Crippen LogP contribution in [0.1, 0.15) is 32.6 Å². The van der Waals surface area contributed by atoms with Gasteiger partial charge in [0.25, 0.3) is 0 Å². The molecule has 0 radical (unpaired) electrons. The van der Waals surface area contributed by atoms with Crippen LogP contribution in [0.5, 0.6) is 0 Å². The lowest BCUT2D eigenvalue weighted by atomic mass is 9.65. The average molecular weight is 351 g/mol. The van der Waals surface area contributed by atoms with E-state index in [0.29, 0.717) is 26.2 Å². The molecule has 1 aliphatic carbocycles. The molecule has 0 aromatic heterocycles. The fourth-order valence-electron chi connectivity index (χ4n) is 5.44. The summed E-state index contributed by atoms with van der Waals surface area (Å²) in [5.41, 5.74) is -0.403. The van der Waals surface area contributed by atoms with E-state index in [1.165, 1.54) is 7.11 Å². The minimum atomic E-state index is -0.459. The molecule has 0 aromatic rings. The quantitative estimate of drug-likeness (QED) is 0.790. The maximum atomic E-state index is 12.7. The van der Waals surface area contributed by atoms with Crippen LogP contribution >= 0.6 is 0 Å². The van der Waals surface area contributed by atoms with Crippen molar-refractivity contribution in [1.29, 1.82) is 0 Å². The van der Waals surface area contributed by atoms with Gasteiger partial charge in [-0.1, -0.05) is 0 Å². The minimum Gasteiger partial charge on any atom is -0.375 e. The second-order valence-corrected chi connectivity index (χ2v) is 7.86. The Bertz CT molecular complexity index is 571. The number of carbonyl (C=O) groups is 3. The number of carbonyl (C=O) groups excluding carboxylic acids is 3. The van der Waals surface area contributed by atoms with Crippen molar-refractivity contribution in [3.8, 4) is 0 Å². The Balaban J connectivity index is 1.79. The molecule has 25 heavy (non-hydrogen) atoms. The molecule has 0 bridgehead atoms. The molecule has 2 aliphatic heterocycles. The first-order valence-electron chi connectivity index (χ1n) is 9.13. The minimum absolute atomic E-state index is 0.0321. The molecule has 7 nitrogen and oxygen atoms in total. The summed E-state index contributed by atoms with van der Waals surface area (Å²) < 4.78 is 4.96. The first-order valence-corrected chi connectivity index (χ1v) is 9.13. The number of fused-ring (bicyclic) bond motifs is 2. The van der Waals surface area contributed by atoms with E-state index in [-0.39, 0.29) is 35.7 Å². The van der Waals surface area contributed by atoms with Crippen LogP contribution < -0.4 is 5.32 Å². The van der Waals surface area contributed by atoms with Crippen molar-refractivity contribution < 1.29 is 19.1 Å². The van der Waals surface area contributed by atoms with Crippen molar-refractivity contribution in [3.63, 3.8) is 0 Å². The number of rotatable bonds is 3. The summed E-state index contributed by atoms with van der Waals surface area (Å²) in [6, 6.07) is 0. The number of amides is 3. The van der Waals surface area contributed by atoms with E-state index in [9.17, 15) is 14.4 Å². The summed E-state index contributed by atoms with van der Waals surface area (Å²) in [6.07, 6.45) is 3.63. The van der Waals surface area contributed by atoms with E-state index in [4.69, 9.17) is 4.74 Å². The van der Waals surface area contributed by atoms with Gasteiger partial charge in [0.15, 0.2) is 0 Å². The topological polar surface area (TPSA) is 79.0 Å². The molecular weight excluding hydrogens is 322 g/mol. The molecule has 140 valence electrons. The van der Waals surface area contributed by atoms with Gasteiger partial charge in [0.2, 0.25) is 17.7 Å². The first-order chi connectivity index (χ1) is 11.9. The van der Waals surface area contributed by atoms with Gasteiger partial charge in [-0.3, -0.25) is 14.4 Å². The van der Waals surface area contributed by atoms with Gasteiger partial charge in [0.05, 0.1) is 5.41 Å². The molecule has 1 saturated carbocycles. The van der Waals surface area contributed by atoms with Gasteiger partial charge < -0.3 is 19.9 Å². The Morgan fingerprint density at radius 3 is 2.36 bits per heavy atom. The van der Waals surface area contributed by atoms with Crippen LogP contribution in [0.2, 0.25) is 0 Å². The molecular formula is C18H29N3O4. The largest absolute Gasteiger partial charge is 0.375 e. The fraction of sp³-hybridized carbons (Fsp3) is 0.833. The van der Waals surface area contributed by atoms with E-state index in [1.54, 1.807) is 14.0 Å². The van der Waals surface area contributed by atoms with Crippen LogP contribution in [0.4, 0.5) is 0 Å². The first kappa shape index (κ1) is 18.2. The van der Waals surface area contributed by atoms with Crippen molar-refractivity contribution in [1.82, 2.24) is 15.1 Å². The Morgan fingerprint density at radius 2 is 1.80 bits per heavy atom. The van der Waals surface area contributed by atoms with Crippen LogP contribution in [0.15, 0.2) is 0 Å². The summed E-state index contributed by atoms with van der Waals surface area (Å²) in [4.78, 5) is 40.5. The number of likely N-dealkylation sites (tertiary alicyclic amines) is 2. The molecule has 3 amide bonds. The zero-order chi connectivity index (χ0) is 18.2. The lowest BCUT2D eigenvalue weighted by molar-refractivity contribution is -0.139. The van der Waals surface area contributed by atoms with Gasteiger partial charge in [-0.15, -0.1) is 0 Å². The van der Waals surface area contributed by atoms with Crippen LogP contribution in [0.3, 0.4) is 0 Å². The average Bonchev–Trinajstić information content (AvgIpc) is 3.13. The van der Waals surface area contributed by atoms with Crippen molar-refractivity contribution >= 4 is 17.7 Å². The molecule has 1 N–H and O–H groups in total. The molecule has 3 aliphatic rings. The van der Waals surface area contributed by atoms with Crippen molar-refractivity contribution in [3.05, 3.63) is 0 Å². The standard InChI is InChI=1S/C18H29N3O4/c1-13(22)21-10-14-17(4-5-18(14,12-21)16(24)19-2)6-8-20(9-7-17)15(23)11-25-3/h14H,4-12H2,1-3H3,(H,19,24)/t14-,18+/m0/s1. The number of nitrogens with one attached hydrogen (secondary N) is 1. The highest BCUT2D eigenvalue weighted by Crippen LogP contribution is 2.62. The van der Waals surface area contributed by atoms with Crippen LogP contribution in [0, 0.1) is 16.7 Å². The van der Waals surface area contributed by atoms with Crippen LogP contribution in [0.25, 0.3) is 0 Å². The van der Waals surface area contributed by atoms with E-state index < -0.39 is 5.41 Å². The smallest absolute Gasteiger partial charge is 0.248 e. The number of hydrogen-bond donors (Lipinski definition) is 1. The second-order valence-electron chi connectivity index (χ2n) is 7.86. The van der Waals surface area contributed by atoms with Gasteiger partial charge in [-0.25, -0.2) is 0 Å². The third kappa shape index (κ3) is 2.82. The van der Waals surface area contributed by atoms with Crippen molar-refractivity contribution in [2.75, 3.05) is 46.9 Å². The Kier molecular flexibility index (Phi) is 4.79. The maximum Gasteiger partial charge on any atom is 0.248 e. The third-order valence-corrected chi connectivity index (χ3v) is 6.86. The molecule has 7 heteroatoms. The molecule has 3 rings (SSSR count). The zero-order valence-corrected chi connectivity index (χ0v) is 15.5. The zero-order valence-electron chi connectivity index (χ0n) is 15.5. The van der Waals surface area contributed by atoms with Gasteiger partial charge >= 0.3 is 0 Å². The van der Waals surface area contributed by atoms with E-state index in [1.807, 2.05) is 9.80 Å². The summed E-state index contributed by atoms with van der Waals surface area (Å²) in [6.45, 7) is 4.31. The molecule has 3 fully saturated rings. The van der Waals surface area contributed by atoms with E-state index >= 15 is 0 Å². The highest BCUT2D eigenvalue weighted by atomic mass is 16.5. The number of nitrogens with zero attached hydrogens (tertiary/aromatic N) is 2. The van der Waals surface area contributed by atoms with Crippen molar-refractivity contribution in [2.24, 2.45) is 16.7 Å². The van der Waals surface area contributed by atoms with E-state index in [0.717, 1.165) is 25.7 Å². The third-order valence-electron chi connectivity index (χ3n) is 6.86. The summed E-state index contributed by atoms with van der Waals surface area (Å²) >= 11 is 0. The molecule has 0 unspecified atom stereocenters. The molecule has 2 atom stereocenters. The van der Waals surface area contributed by atoms with E-state index in [2.05, 4.69) is 5.32 Å². The Morgan fingerprint density at radius 1 is 1.12 bits per heavy atom. The summed E-state index contributed by atoms with van der Waals surface area (Å²) in [5.74, 6) is 0.324. The number of methoxy groups -OCH3 is 1. The Labute approximate surface area is 149 Å². The Hall–Kier alpha value is -1.63. The predicted molar refractivity (Wildman–Crippen MR) is 91.6 cm³/mol. The number of hydrogen-bond acceptors (Lipinski definition) is 4.